The molecule has 4 nitrogen and oxygen atoms in total. The second-order valence-corrected chi connectivity index (χ2v) is 6.03. The fourth-order valence-corrected chi connectivity index (χ4v) is 3.36. The van der Waals surface area contributed by atoms with Gasteiger partial charge in [-0.15, -0.1) is 0 Å². The van der Waals surface area contributed by atoms with Gasteiger partial charge in [-0.3, -0.25) is 4.79 Å². The molecule has 0 heterocycles. The van der Waals surface area contributed by atoms with E-state index in [1.54, 1.807) is 0 Å². The van der Waals surface area contributed by atoms with Crippen molar-refractivity contribution in [2.45, 2.75) is 57.4 Å². The molecule has 0 aromatic rings. The summed E-state index contributed by atoms with van der Waals surface area (Å²) in [7, 11) is 0. The Labute approximate surface area is 115 Å². The van der Waals surface area contributed by atoms with Gasteiger partial charge in [-0.1, -0.05) is 26.2 Å². The van der Waals surface area contributed by atoms with E-state index in [0.29, 0.717) is 13.2 Å². The van der Waals surface area contributed by atoms with E-state index in [9.17, 15) is 9.90 Å². The lowest BCUT2D eigenvalue weighted by atomic mass is 9.84. The SMILES string of the molecule is CCNC1(C(=O)O)CCCC1CCOCCC1CC1. The molecule has 2 N–H and O–H groups in total. The van der Waals surface area contributed by atoms with Crippen LogP contribution >= 0.6 is 0 Å². The van der Waals surface area contributed by atoms with E-state index in [1.165, 1.54) is 19.3 Å². The Bertz CT molecular complexity index is 304. The molecule has 0 aromatic heterocycles. The van der Waals surface area contributed by atoms with Crippen LogP contribution in [0.15, 0.2) is 0 Å². The number of carboxylic acid groups (broad SMARTS) is 1. The monoisotopic (exact) mass is 269 g/mol. The molecule has 2 atom stereocenters. The van der Waals surface area contributed by atoms with Gasteiger partial charge in [0.15, 0.2) is 0 Å². The van der Waals surface area contributed by atoms with Gasteiger partial charge in [0.25, 0.3) is 0 Å². The van der Waals surface area contributed by atoms with Crippen LogP contribution < -0.4 is 5.32 Å². The molecule has 19 heavy (non-hydrogen) atoms. The Morgan fingerprint density at radius 3 is 2.68 bits per heavy atom. The molecule has 110 valence electrons. The third-order valence-electron chi connectivity index (χ3n) is 4.67. The summed E-state index contributed by atoms with van der Waals surface area (Å²) in [5, 5.41) is 12.8. The Balaban J connectivity index is 1.74. The topological polar surface area (TPSA) is 58.6 Å². The summed E-state index contributed by atoms with van der Waals surface area (Å²) < 4.78 is 5.68. The number of hydrogen-bond donors (Lipinski definition) is 2. The minimum Gasteiger partial charge on any atom is -0.480 e. The smallest absolute Gasteiger partial charge is 0.324 e. The van der Waals surface area contributed by atoms with Gasteiger partial charge in [-0.05, 0) is 44.1 Å². The van der Waals surface area contributed by atoms with Crippen molar-refractivity contribution in [2.75, 3.05) is 19.8 Å². The van der Waals surface area contributed by atoms with Gasteiger partial charge in [0, 0.05) is 13.2 Å². The molecule has 2 rings (SSSR count). The predicted molar refractivity (Wildman–Crippen MR) is 74.2 cm³/mol. The molecular formula is C15H27NO3. The Kier molecular flexibility index (Phi) is 5.22. The van der Waals surface area contributed by atoms with Gasteiger partial charge in [0.05, 0.1) is 0 Å². The zero-order chi connectivity index (χ0) is 13.7. The summed E-state index contributed by atoms with van der Waals surface area (Å²) in [4.78, 5) is 11.6. The molecule has 2 fully saturated rings. The first-order valence-electron chi connectivity index (χ1n) is 7.75. The first kappa shape index (κ1) is 14.8. The van der Waals surface area contributed by atoms with Crippen LogP contribution in [0.3, 0.4) is 0 Å². The summed E-state index contributed by atoms with van der Waals surface area (Å²) in [6.45, 7) is 4.24. The van der Waals surface area contributed by atoms with Crippen LogP contribution in [0, 0.1) is 11.8 Å². The molecule has 0 aliphatic heterocycles. The second kappa shape index (κ2) is 6.71. The van der Waals surface area contributed by atoms with Gasteiger partial charge in [0.2, 0.25) is 0 Å². The van der Waals surface area contributed by atoms with Gasteiger partial charge in [0.1, 0.15) is 5.54 Å². The molecule has 0 saturated heterocycles. The third kappa shape index (κ3) is 3.69. The number of aliphatic carboxylic acids is 1. The number of rotatable bonds is 9. The van der Waals surface area contributed by atoms with E-state index in [-0.39, 0.29) is 5.92 Å². The first-order chi connectivity index (χ1) is 9.19. The zero-order valence-corrected chi connectivity index (χ0v) is 12.0. The Morgan fingerprint density at radius 2 is 2.05 bits per heavy atom. The number of likely N-dealkylation sites (N-methyl/N-ethyl adjacent to an activating group) is 1. The van der Waals surface area contributed by atoms with Crippen molar-refractivity contribution >= 4 is 5.97 Å². The standard InChI is InChI=1S/C15H27NO3/c1-2-16-15(14(17)18)9-3-4-13(15)8-11-19-10-7-12-5-6-12/h12-13,16H,2-11H2,1H3,(H,17,18). The molecule has 0 aromatic carbocycles. The van der Waals surface area contributed by atoms with Crippen molar-refractivity contribution in [3.8, 4) is 0 Å². The van der Waals surface area contributed by atoms with E-state index in [1.807, 2.05) is 6.92 Å². The highest BCUT2D eigenvalue weighted by Gasteiger charge is 2.48. The summed E-state index contributed by atoms with van der Waals surface area (Å²) in [5.41, 5.74) is -0.700. The highest BCUT2D eigenvalue weighted by atomic mass is 16.5. The van der Waals surface area contributed by atoms with Crippen molar-refractivity contribution in [3.05, 3.63) is 0 Å². The molecule has 4 heteroatoms. The lowest BCUT2D eigenvalue weighted by molar-refractivity contribution is -0.146. The molecule has 2 unspecified atom stereocenters. The average Bonchev–Trinajstić information content (AvgIpc) is 3.11. The van der Waals surface area contributed by atoms with Crippen LogP contribution in [-0.4, -0.2) is 36.4 Å². The van der Waals surface area contributed by atoms with E-state index in [0.717, 1.165) is 38.2 Å². The van der Waals surface area contributed by atoms with Crippen molar-refractivity contribution in [2.24, 2.45) is 11.8 Å². The fraction of sp³-hybridized carbons (Fsp3) is 0.933. The lowest BCUT2D eigenvalue weighted by Crippen LogP contribution is -2.54. The number of carboxylic acids is 1. The highest BCUT2D eigenvalue weighted by Crippen LogP contribution is 2.38. The Hall–Kier alpha value is -0.610. The normalized spacial score (nSPS) is 30.7. The Morgan fingerprint density at radius 1 is 1.32 bits per heavy atom. The molecule has 2 aliphatic carbocycles. The van der Waals surface area contributed by atoms with Crippen LogP contribution in [0.25, 0.3) is 0 Å². The molecule has 2 saturated carbocycles. The molecule has 0 amide bonds. The first-order valence-corrected chi connectivity index (χ1v) is 7.75. The van der Waals surface area contributed by atoms with Crippen LogP contribution in [0.4, 0.5) is 0 Å². The average molecular weight is 269 g/mol. The van der Waals surface area contributed by atoms with Crippen LogP contribution in [-0.2, 0) is 9.53 Å². The van der Waals surface area contributed by atoms with Gasteiger partial charge in [-0.2, -0.15) is 0 Å². The van der Waals surface area contributed by atoms with Crippen LogP contribution in [0.2, 0.25) is 0 Å². The zero-order valence-electron chi connectivity index (χ0n) is 12.0. The highest BCUT2D eigenvalue weighted by molar-refractivity contribution is 5.79. The van der Waals surface area contributed by atoms with Gasteiger partial charge < -0.3 is 15.2 Å². The molecule has 0 spiro atoms. The summed E-state index contributed by atoms with van der Waals surface area (Å²) >= 11 is 0. The van der Waals surface area contributed by atoms with E-state index in [2.05, 4.69) is 5.32 Å². The fourth-order valence-electron chi connectivity index (χ4n) is 3.36. The minimum atomic E-state index is -0.700. The maximum atomic E-state index is 11.6. The third-order valence-corrected chi connectivity index (χ3v) is 4.67. The van der Waals surface area contributed by atoms with E-state index in [4.69, 9.17) is 4.74 Å². The van der Waals surface area contributed by atoms with Crippen molar-refractivity contribution in [1.82, 2.24) is 5.32 Å². The molecule has 0 radical (unpaired) electrons. The minimum absolute atomic E-state index is 0.214. The number of nitrogens with one attached hydrogen (secondary N) is 1. The molecule has 2 aliphatic rings. The van der Waals surface area contributed by atoms with E-state index >= 15 is 0 Å². The van der Waals surface area contributed by atoms with Crippen molar-refractivity contribution in [1.29, 1.82) is 0 Å². The quantitative estimate of drug-likeness (QED) is 0.631. The second-order valence-electron chi connectivity index (χ2n) is 6.03. The number of carbonyl (C=O) groups is 1. The van der Waals surface area contributed by atoms with Crippen LogP contribution in [0.5, 0.6) is 0 Å². The largest absolute Gasteiger partial charge is 0.480 e. The van der Waals surface area contributed by atoms with Gasteiger partial charge in [-0.25, -0.2) is 0 Å². The van der Waals surface area contributed by atoms with Gasteiger partial charge >= 0.3 is 5.97 Å². The summed E-state index contributed by atoms with van der Waals surface area (Å²) in [6.07, 6.45) is 7.55. The maximum Gasteiger partial charge on any atom is 0.324 e. The molecular weight excluding hydrogens is 242 g/mol. The van der Waals surface area contributed by atoms with Crippen molar-refractivity contribution in [3.63, 3.8) is 0 Å². The lowest BCUT2D eigenvalue weighted by Gasteiger charge is -2.32. The molecule has 0 bridgehead atoms. The summed E-state index contributed by atoms with van der Waals surface area (Å²) in [5.74, 6) is 0.437. The number of ether oxygens (including phenoxy) is 1. The maximum absolute atomic E-state index is 11.6. The number of hydrogen-bond acceptors (Lipinski definition) is 3. The van der Waals surface area contributed by atoms with Crippen LogP contribution in [0.1, 0.15) is 51.9 Å². The van der Waals surface area contributed by atoms with Crippen molar-refractivity contribution < 1.29 is 14.6 Å². The predicted octanol–water partition coefficient (Wildman–Crippen LogP) is 2.43. The summed E-state index contributed by atoms with van der Waals surface area (Å²) in [6, 6.07) is 0. The van der Waals surface area contributed by atoms with E-state index < -0.39 is 11.5 Å².